The molecule has 46 heavy (non-hydrogen) atoms. The van der Waals surface area contributed by atoms with E-state index >= 15 is 0 Å². The predicted octanol–water partition coefficient (Wildman–Crippen LogP) is 5.84. The van der Waals surface area contributed by atoms with Crippen LogP contribution < -0.4 is 20.1 Å². The number of carbonyl (C=O) groups is 2. The van der Waals surface area contributed by atoms with Crippen molar-refractivity contribution in [2.45, 2.75) is 64.5 Å². The highest BCUT2D eigenvalue weighted by atomic mass is 19.4. The summed E-state index contributed by atoms with van der Waals surface area (Å²) < 4.78 is 47.8. The van der Waals surface area contributed by atoms with Crippen LogP contribution in [0, 0.1) is 0 Å². The molecule has 1 saturated carbocycles. The molecule has 0 spiro atoms. The normalized spacial score (nSPS) is 16.8. The second kappa shape index (κ2) is 14.2. The molecular formula is C33H37F3N6O4. The molecule has 10 nitrogen and oxygen atoms in total. The topological polar surface area (TPSA) is 121 Å². The Morgan fingerprint density at radius 1 is 1.00 bits per heavy atom. The van der Waals surface area contributed by atoms with Crippen LogP contribution in [0.15, 0.2) is 54.7 Å². The number of para-hydroxylation sites is 1. The van der Waals surface area contributed by atoms with Crippen molar-refractivity contribution in [3.05, 3.63) is 71.5 Å². The quantitative estimate of drug-likeness (QED) is 0.189. The number of alkyl halides is 3. The molecule has 2 amide bonds. The predicted molar refractivity (Wildman–Crippen MR) is 167 cm³/mol. The fraction of sp³-hybridized carbons (Fsp3) is 0.394. The molecule has 1 fully saturated rings. The van der Waals surface area contributed by atoms with Crippen LogP contribution >= 0.6 is 0 Å². The number of rotatable bonds is 11. The van der Waals surface area contributed by atoms with Gasteiger partial charge in [0.25, 0.3) is 11.8 Å². The van der Waals surface area contributed by atoms with Crippen molar-refractivity contribution in [2.75, 3.05) is 20.2 Å². The van der Waals surface area contributed by atoms with E-state index in [-0.39, 0.29) is 35.5 Å². The Balaban J connectivity index is 1.28. The molecule has 2 heterocycles. The van der Waals surface area contributed by atoms with Crippen LogP contribution in [0.1, 0.15) is 65.9 Å². The van der Waals surface area contributed by atoms with Gasteiger partial charge in [-0.25, -0.2) is 4.98 Å². The van der Waals surface area contributed by atoms with Crippen molar-refractivity contribution in [1.29, 1.82) is 0 Å². The van der Waals surface area contributed by atoms with E-state index in [0.717, 1.165) is 38.8 Å². The van der Waals surface area contributed by atoms with Gasteiger partial charge in [0.15, 0.2) is 5.69 Å². The first-order chi connectivity index (χ1) is 22.1. The number of hydrogen-bond acceptors (Lipinski definition) is 7. The van der Waals surface area contributed by atoms with Gasteiger partial charge >= 0.3 is 6.36 Å². The molecule has 0 atom stereocenters. The maximum atomic E-state index is 13.2. The molecule has 3 N–H and O–H groups in total. The fourth-order valence-corrected chi connectivity index (χ4v) is 6.03. The van der Waals surface area contributed by atoms with E-state index in [2.05, 4.69) is 49.3 Å². The summed E-state index contributed by atoms with van der Waals surface area (Å²) in [5.74, 6) is -1.18. The number of nitrogens with zero attached hydrogens (tertiary/aromatic N) is 3. The number of benzene rings is 2. The summed E-state index contributed by atoms with van der Waals surface area (Å²) in [7, 11) is 1.37. The van der Waals surface area contributed by atoms with E-state index in [4.69, 9.17) is 4.74 Å². The Labute approximate surface area is 264 Å². The average molecular weight is 639 g/mol. The Morgan fingerprint density at radius 3 is 2.43 bits per heavy atom. The molecule has 1 aliphatic carbocycles. The molecule has 0 radical (unpaired) electrons. The summed E-state index contributed by atoms with van der Waals surface area (Å²) in [4.78, 5) is 33.1. The lowest BCUT2D eigenvalue weighted by atomic mass is 9.90. The summed E-state index contributed by atoms with van der Waals surface area (Å²) >= 11 is 0. The van der Waals surface area contributed by atoms with Crippen LogP contribution in [0.25, 0.3) is 22.0 Å². The Bertz CT molecular complexity index is 1680. The third kappa shape index (κ3) is 7.58. The third-order valence-electron chi connectivity index (χ3n) is 8.40. The molecule has 1 aliphatic rings. The number of pyridine rings is 1. The summed E-state index contributed by atoms with van der Waals surface area (Å²) in [5.41, 5.74) is 2.47. The second-order valence-electron chi connectivity index (χ2n) is 11.2. The number of halogens is 3. The smallest absolute Gasteiger partial charge is 0.480 e. The standard InChI is InChI=1S/C33H37F3N6O4/c1-4-42(5-2)24-13-11-23(12-14-24)39-31(44)29-25-15-10-20(17-27(25)40-41-29)22-16-26(32(45-3)38-19-22)30(43)37-18-21-8-6-7-9-28(21)46-33(34,35)36/h6-10,15-17,19,23-24H,4-5,11-14,18H2,1-3H3,(H,37,43)(H,39,44)(H,40,41). The van der Waals surface area contributed by atoms with Gasteiger partial charge in [0, 0.05) is 41.3 Å². The maximum absolute atomic E-state index is 13.2. The summed E-state index contributed by atoms with van der Waals surface area (Å²) in [6.45, 7) is 6.19. The number of fused-ring (bicyclic) bond motifs is 1. The van der Waals surface area contributed by atoms with Crippen molar-refractivity contribution in [3.63, 3.8) is 0 Å². The number of methoxy groups -OCH3 is 1. The number of aromatic amines is 1. The first-order valence-corrected chi connectivity index (χ1v) is 15.3. The van der Waals surface area contributed by atoms with Crippen LogP contribution in [0.5, 0.6) is 11.6 Å². The number of nitrogens with one attached hydrogen (secondary N) is 3. The molecule has 2 aromatic carbocycles. The minimum Gasteiger partial charge on any atom is -0.480 e. The van der Waals surface area contributed by atoms with Gasteiger partial charge in [-0.1, -0.05) is 38.1 Å². The van der Waals surface area contributed by atoms with E-state index in [9.17, 15) is 22.8 Å². The van der Waals surface area contributed by atoms with Crippen molar-refractivity contribution < 1.29 is 32.2 Å². The van der Waals surface area contributed by atoms with E-state index < -0.39 is 18.0 Å². The number of H-pyrrole nitrogens is 1. The van der Waals surface area contributed by atoms with E-state index in [1.54, 1.807) is 30.5 Å². The van der Waals surface area contributed by atoms with Gasteiger partial charge < -0.3 is 25.0 Å². The van der Waals surface area contributed by atoms with Gasteiger partial charge in [0.05, 0.1) is 12.6 Å². The molecular weight excluding hydrogens is 601 g/mol. The zero-order valence-electron chi connectivity index (χ0n) is 25.9. The van der Waals surface area contributed by atoms with Gasteiger partial charge in [-0.05, 0) is 68.6 Å². The summed E-state index contributed by atoms with van der Waals surface area (Å²) in [6, 6.07) is 13.2. The minimum absolute atomic E-state index is 0.0498. The first-order valence-electron chi connectivity index (χ1n) is 15.3. The SMILES string of the molecule is CCN(CC)C1CCC(NC(=O)c2n[nH]c3cc(-c4cnc(OC)c(C(=O)NCc5ccccc5OC(F)(F)F)c4)ccc23)CC1. The van der Waals surface area contributed by atoms with Gasteiger partial charge in [0.1, 0.15) is 11.3 Å². The Hall–Kier alpha value is -4.65. The highest BCUT2D eigenvalue weighted by Gasteiger charge is 2.32. The highest BCUT2D eigenvalue weighted by Crippen LogP contribution is 2.30. The van der Waals surface area contributed by atoms with E-state index in [1.807, 2.05) is 6.07 Å². The Kier molecular flexibility index (Phi) is 10.1. The van der Waals surface area contributed by atoms with Crippen molar-refractivity contribution in [3.8, 4) is 22.8 Å². The number of ether oxygens (including phenoxy) is 2. The fourth-order valence-electron chi connectivity index (χ4n) is 6.03. The minimum atomic E-state index is -4.87. The van der Waals surface area contributed by atoms with Crippen LogP contribution in [-0.2, 0) is 6.54 Å². The molecule has 0 bridgehead atoms. The van der Waals surface area contributed by atoms with Crippen LogP contribution in [0.2, 0.25) is 0 Å². The number of amides is 2. The lowest BCUT2D eigenvalue weighted by Gasteiger charge is -2.35. The van der Waals surface area contributed by atoms with Crippen molar-refractivity contribution in [2.24, 2.45) is 0 Å². The molecule has 4 aromatic rings. The number of carbonyl (C=O) groups excluding carboxylic acids is 2. The number of hydrogen-bond donors (Lipinski definition) is 3. The van der Waals surface area contributed by atoms with Gasteiger partial charge in [-0.2, -0.15) is 5.10 Å². The second-order valence-corrected chi connectivity index (χ2v) is 11.2. The van der Waals surface area contributed by atoms with Gasteiger partial charge in [0.2, 0.25) is 5.88 Å². The van der Waals surface area contributed by atoms with E-state index in [0.29, 0.717) is 33.8 Å². The molecule has 0 saturated heterocycles. The molecule has 2 aromatic heterocycles. The summed E-state index contributed by atoms with van der Waals surface area (Å²) in [6.07, 6.45) is 0.621. The number of aromatic nitrogens is 3. The highest BCUT2D eigenvalue weighted by molar-refractivity contribution is 6.05. The van der Waals surface area contributed by atoms with Crippen molar-refractivity contribution in [1.82, 2.24) is 30.7 Å². The monoisotopic (exact) mass is 638 g/mol. The maximum Gasteiger partial charge on any atom is 0.573 e. The zero-order chi connectivity index (χ0) is 32.8. The lowest BCUT2D eigenvalue weighted by molar-refractivity contribution is -0.274. The van der Waals surface area contributed by atoms with Gasteiger partial charge in [-0.3, -0.25) is 14.7 Å². The largest absolute Gasteiger partial charge is 0.573 e. The summed E-state index contributed by atoms with van der Waals surface area (Å²) in [5, 5.41) is 13.7. The van der Waals surface area contributed by atoms with Crippen LogP contribution in [0.3, 0.4) is 0 Å². The molecule has 13 heteroatoms. The van der Waals surface area contributed by atoms with E-state index in [1.165, 1.54) is 25.3 Å². The lowest BCUT2D eigenvalue weighted by Crippen LogP contribution is -2.44. The van der Waals surface area contributed by atoms with Gasteiger partial charge in [-0.15, -0.1) is 13.2 Å². The van der Waals surface area contributed by atoms with Crippen LogP contribution in [-0.4, -0.2) is 70.5 Å². The third-order valence-corrected chi connectivity index (χ3v) is 8.40. The van der Waals surface area contributed by atoms with Crippen molar-refractivity contribution >= 4 is 22.7 Å². The molecule has 0 unspecified atom stereocenters. The molecule has 244 valence electrons. The Morgan fingerprint density at radius 2 is 1.74 bits per heavy atom. The van der Waals surface area contributed by atoms with Crippen LogP contribution in [0.4, 0.5) is 13.2 Å². The first kappa shape index (κ1) is 32.7. The molecule has 0 aliphatic heterocycles. The average Bonchev–Trinajstić information content (AvgIpc) is 3.48. The molecule has 5 rings (SSSR count). The zero-order valence-corrected chi connectivity index (χ0v) is 25.9.